The van der Waals surface area contributed by atoms with Gasteiger partial charge in [0.25, 0.3) is 0 Å². The third-order valence-electron chi connectivity index (χ3n) is 15.6. The third kappa shape index (κ3) is 5.39. The molecule has 0 spiro atoms. The largest absolute Gasteiger partial charge is 0.455 e. The predicted molar refractivity (Wildman–Crippen MR) is 278 cm³/mol. The molecule has 0 N–H and O–H groups in total. The van der Waals surface area contributed by atoms with Gasteiger partial charge in [0, 0.05) is 55.0 Å². The molecule has 1 unspecified atom stereocenters. The first-order valence-electron chi connectivity index (χ1n) is 23.6. The normalized spacial score (nSPS) is 14.7. The smallest absolute Gasteiger partial charge is 0.143 e. The van der Waals surface area contributed by atoms with E-state index in [0.717, 1.165) is 66.1 Å². The Morgan fingerprint density at radius 1 is 0.343 bits per heavy atom. The van der Waals surface area contributed by atoms with Crippen LogP contribution in [0.5, 0.6) is 0 Å². The van der Waals surface area contributed by atoms with Crippen LogP contribution in [-0.4, -0.2) is 0 Å². The van der Waals surface area contributed by atoms with E-state index in [2.05, 4.69) is 222 Å². The number of fused-ring (bicyclic) bond motifs is 13. The van der Waals surface area contributed by atoms with Gasteiger partial charge in [-0.15, -0.1) is 0 Å². The van der Waals surface area contributed by atoms with E-state index < -0.39 is 0 Å². The molecular formula is C65H46O2. The standard InChI is InChI=1S/C65H46O2/c1-64(2)54-24-10-7-17-45(54)47-33-31-41(36-56(47)64)59(39-29-27-38(28-30-39)44-20-13-21-50-49-19-9-12-26-58(49)66-61(44)50)52-23-14-22-51-53-35-40-15-5-6-16-43(40)60(63(53)67-62(51)52)42-32-34-48-46-18-8-11-25-55(46)65(3,4)57(48)37-42/h5-37,59H,1-4H3. The third-order valence-corrected chi connectivity index (χ3v) is 15.6. The van der Waals surface area contributed by atoms with Crippen molar-refractivity contribution >= 4 is 54.6 Å². The predicted octanol–water partition coefficient (Wildman–Crippen LogP) is 17.8. The minimum atomic E-state index is -0.145. The molecule has 1 atom stereocenters. The average molecular weight is 859 g/mol. The molecule has 2 aliphatic carbocycles. The summed E-state index contributed by atoms with van der Waals surface area (Å²) in [4.78, 5) is 0. The summed E-state index contributed by atoms with van der Waals surface area (Å²) >= 11 is 0. The highest BCUT2D eigenvalue weighted by atomic mass is 16.3. The van der Waals surface area contributed by atoms with Gasteiger partial charge in [-0.1, -0.05) is 210 Å². The van der Waals surface area contributed by atoms with E-state index in [4.69, 9.17) is 8.83 Å². The summed E-state index contributed by atoms with van der Waals surface area (Å²) in [6.07, 6.45) is 0. The first-order valence-corrected chi connectivity index (χ1v) is 23.6. The molecule has 10 aromatic carbocycles. The maximum absolute atomic E-state index is 7.48. The Morgan fingerprint density at radius 2 is 0.896 bits per heavy atom. The van der Waals surface area contributed by atoms with Gasteiger partial charge in [0.15, 0.2) is 0 Å². The van der Waals surface area contributed by atoms with Crippen molar-refractivity contribution < 1.29 is 8.83 Å². The summed E-state index contributed by atoms with van der Waals surface area (Å²) in [7, 11) is 0. The van der Waals surface area contributed by atoms with E-state index in [1.54, 1.807) is 0 Å². The van der Waals surface area contributed by atoms with Crippen LogP contribution in [-0.2, 0) is 10.8 Å². The number of furan rings is 2. The van der Waals surface area contributed by atoms with Gasteiger partial charge < -0.3 is 8.83 Å². The van der Waals surface area contributed by atoms with Crippen LogP contribution in [0.1, 0.15) is 72.6 Å². The molecule has 2 heterocycles. The zero-order valence-corrected chi connectivity index (χ0v) is 37.9. The molecule has 12 aromatic rings. The van der Waals surface area contributed by atoms with Crippen molar-refractivity contribution in [1.82, 2.24) is 0 Å². The average Bonchev–Trinajstić information content (AvgIpc) is 4.06. The topological polar surface area (TPSA) is 26.3 Å². The van der Waals surface area contributed by atoms with Crippen LogP contribution in [0, 0.1) is 0 Å². The van der Waals surface area contributed by atoms with Crippen molar-refractivity contribution in [2.24, 2.45) is 0 Å². The maximum Gasteiger partial charge on any atom is 0.143 e. The van der Waals surface area contributed by atoms with Gasteiger partial charge in [-0.25, -0.2) is 0 Å². The summed E-state index contributed by atoms with van der Waals surface area (Å²) in [5.74, 6) is -0.123. The molecule has 0 saturated heterocycles. The van der Waals surface area contributed by atoms with Crippen molar-refractivity contribution in [2.45, 2.75) is 44.4 Å². The first kappa shape index (κ1) is 38.3. The monoisotopic (exact) mass is 858 g/mol. The summed E-state index contributed by atoms with van der Waals surface area (Å²) in [5.41, 5.74) is 22.3. The van der Waals surface area contributed by atoms with Gasteiger partial charge in [-0.2, -0.15) is 0 Å². The molecule has 2 aliphatic rings. The van der Waals surface area contributed by atoms with Gasteiger partial charge in [-0.05, 0) is 95.7 Å². The Labute approximate surface area is 389 Å². The molecule has 0 amide bonds. The second-order valence-corrected chi connectivity index (χ2v) is 19.9. The van der Waals surface area contributed by atoms with Gasteiger partial charge in [0.05, 0.1) is 0 Å². The van der Waals surface area contributed by atoms with Crippen LogP contribution in [0.25, 0.3) is 99.2 Å². The molecule has 0 saturated carbocycles. The molecule has 0 bridgehead atoms. The summed E-state index contributed by atoms with van der Waals surface area (Å²) in [5, 5.41) is 6.92. The van der Waals surface area contributed by atoms with E-state index in [1.165, 1.54) is 72.0 Å². The second-order valence-electron chi connectivity index (χ2n) is 19.9. The molecule has 0 radical (unpaired) electrons. The van der Waals surface area contributed by atoms with Crippen LogP contribution in [0.3, 0.4) is 0 Å². The number of hydrogen-bond donors (Lipinski definition) is 0. The van der Waals surface area contributed by atoms with Gasteiger partial charge >= 0.3 is 0 Å². The number of para-hydroxylation sites is 3. The molecule has 0 fully saturated rings. The number of hydrogen-bond acceptors (Lipinski definition) is 2. The van der Waals surface area contributed by atoms with Gasteiger partial charge in [0.1, 0.15) is 22.3 Å². The van der Waals surface area contributed by atoms with Crippen LogP contribution in [0.15, 0.2) is 209 Å². The van der Waals surface area contributed by atoms with E-state index >= 15 is 0 Å². The minimum Gasteiger partial charge on any atom is -0.455 e. The van der Waals surface area contributed by atoms with Crippen molar-refractivity contribution in [3.8, 4) is 44.5 Å². The van der Waals surface area contributed by atoms with Crippen LogP contribution in [0.4, 0.5) is 0 Å². The SMILES string of the molecule is CC1(C)c2ccccc2-c2ccc(-c3c4ccccc4cc4c3oc3c(C(c5ccc(-c6cccc7c6oc6ccccc67)cc5)c5ccc6c(c5)C(C)(C)c5ccccc5-6)cccc34)cc21. The summed E-state index contributed by atoms with van der Waals surface area (Å²) < 4.78 is 14.0. The van der Waals surface area contributed by atoms with Crippen molar-refractivity contribution in [3.63, 3.8) is 0 Å². The fraction of sp³-hybridized carbons (Fsp3) is 0.108. The highest BCUT2D eigenvalue weighted by Crippen LogP contribution is 2.53. The fourth-order valence-electron chi connectivity index (χ4n) is 12.3. The van der Waals surface area contributed by atoms with Crippen molar-refractivity contribution in [2.75, 3.05) is 0 Å². The van der Waals surface area contributed by atoms with E-state index in [-0.39, 0.29) is 16.7 Å². The van der Waals surface area contributed by atoms with Crippen LogP contribution >= 0.6 is 0 Å². The zero-order chi connectivity index (χ0) is 44.8. The molecule has 0 aliphatic heterocycles. The van der Waals surface area contributed by atoms with E-state index in [9.17, 15) is 0 Å². The number of benzene rings is 10. The second kappa shape index (κ2) is 13.8. The molecule has 14 rings (SSSR count). The fourth-order valence-corrected chi connectivity index (χ4v) is 12.3. The Kier molecular flexibility index (Phi) is 7.89. The lowest BCUT2D eigenvalue weighted by Crippen LogP contribution is -2.15. The van der Waals surface area contributed by atoms with Crippen LogP contribution < -0.4 is 0 Å². The molecule has 2 heteroatoms. The van der Waals surface area contributed by atoms with E-state index in [0.29, 0.717) is 0 Å². The Balaban J connectivity index is 0.985. The minimum absolute atomic E-state index is 0.123. The molecule has 67 heavy (non-hydrogen) atoms. The highest BCUT2D eigenvalue weighted by Gasteiger charge is 2.37. The lowest BCUT2D eigenvalue weighted by atomic mass is 9.78. The maximum atomic E-state index is 7.48. The van der Waals surface area contributed by atoms with Gasteiger partial charge in [-0.3, -0.25) is 0 Å². The highest BCUT2D eigenvalue weighted by molar-refractivity contribution is 6.19. The summed E-state index contributed by atoms with van der Waals surface area (Å²) in [6, 6.07) is 74.0. The molecule has 2 nitrogen and oxygen atoms in total. The zero-order valence-electron chi connectivity index (χ0n) is 37.9. The first-order chi connectivity index (χ1) is 32.7. The quantitative estimate of drug-likeness (QED) is 0.161. The van der Waals surface area contributed by atoms with Crippen molar-refractivity contribution in [1.29, 1.82) is 0 Å². The Bertz CT molecular complexity index is 4040. The molecular weight excluding hydrogens is 813 g/mol. The number of rotatable bonds is 5. The molecule has 318 valence electrons. The lowest BCUT2D eigenvalue weighted by molar-refractivity contribution is 0.656. The Hall–Kier alpha value is -7.94. The van der Waals surface area contributed by atoms with Gasteiger partial charge in [0.2, 0.25) is 0 Å². The summed E-state index contributed by atoms with van der Waals surface area (Å²) in [6.45, 7) is 9.46. The van der Waals surface area contributed by atoms with Crippen molar-refractivity contribution in [3.05, 3.63) is 239 Å². The Morgan fingerprint density at radius 3 is 1.66 bits per heavy atom. The van der Waals surface area contributed by atoms with Crippen LogP contribution in [0.2, 0.25) is 0 Å². The lowest BCUT2D eigenvalue weighted by Gasteiger charge is -2.25. The molecule has 2 aromatic heterocycles. The van der Waals surface area contributed by atoms with E-state index in [1.807, 2.05) is 6.07 Å².